The van der Waals surface area contributed by atoms with Gasteiger partial charge in [-0.3, -0.25) is 4.79 Å². The van der Waals surface area contributed by atoms with Gasteiger partial charge in [-0.05, 0) is 42.8 Å². The van der Waals surface area contributed by atoms with Crippen LogP contribution in [0.15, 0.2) is 48.7 Å². The number of benzene rings is 2. The molecule has 6 heteroatoms. The van der Waals surface area contributed by atoms with Crippen LogP contribution in [0.5, 0.6) is 11.5 Å². The number of para-hydroxylation sites is 1. The summed E-state index contributed by atoms with van der Waals surface area (Å²) >= 11 is 0. The number of hydrogen-bond donors (Lipinski definition) is 1. The predicted molar refractivity (Wildman–Crippen MR) is 84.6 cm³/mol. The zero-order valence-electron chi connectivity index (χ0n) is 12.4. The summed E-state index contributed by atoms with van der Waals surface area (Å²) in [7, 11) is 0. The molecule has 0 aliphatic carbocycles. The van der Waals surface area contributed by atoms with Gasteiger partial charge in [-0.1, -0.05) is 12.1 Å². The van der Waals surface area contributed by atoms with Gasteiger partial charge in [0.25, 0.3) is 0 Å². The lowest BCUT2D eigenvalue weighted by Crippen LogP contribution is -2.04. The number of ether oxygens (including phenoxy) is 1. The summed E-state index contributed by atoms with van der Waals surface area (Å²) < 4.78 is 20.6. The number of nitrogen functional groups attached to an aromatic ring is 1. The van der Waals surface area contributed by atoms with Gasteiger partial charge in [0.2, 0.25) is 0 Å². The predicted octanol–water partition coefficient (Wildman–Crippen LogP) is 3.51. The van der Waals surface area contributed by atoms with E-state index in [1.165, 1.54) is 16.9 Å². The summed E-state index contributed by atoms with van der Waals surface area (Å²) in [6, 6.07) is 11.4. The van der Waals surface area contributed by atoms with E-state index in [9.17, 15) is 9.18 Å². The Bertz CT molecular complexity index is 874. The van der Waals surface area contributed by atoms with Crippen LogP contribution in [0.25, 0.3) is 5.69 Å². The van der Waals surface area contributed by atoms with E-state index in [1.807, 2.05) is 6.92 Å². The highest BCUT2D eigenvalue weighted by Gasteiger charge is 2.11. The van der Waals surface area contributed by atoms with Gasteiger partial charge >= 0.3 is 0 Å². The molecule has 0 aliphatic heterocycles. The van der Waals surface area contributed by atoms with Crippen LogP contribution >= 0.6 is 0 Å². The summed E-state index contributed by atoms with van der Waals surface area (Å²) in [5.74, 6) is 0.492. The van der Waals surface area contributed by atoms with Crippen molar-refractivity contribution in [3.8, 4) is 17.2 Å². The lowest BCUT2D eigenvalue weighted by atomic mass is 10.2. The maximum Gasteiger partial charge on any atom is 0.165 e. The van der Waals surface area contributed by atoms with Crippen LogP contribution in [-0.2, 0) is 0 Å². The van der Waals surface area contributed by atoms with Gasteiger partial charge in [-0.25, -0.2) is 9.07 Å². The smallest absolute Gasteiger partial charge is 0.165 e. The quantitative estimate of drug-likeness (QED) is 0.749. The van der Waals surface area contributed by atoms with Crippen molar-refractivity contribution in [3.05, 3.63) is 65.6 Å². The molecule has 1 heterocycles. The van der Waals surface area contributed by atoms with Gasteiger partial charge in [0.05, 0.1) is 17.4 Å². The second kappa shape index (κ2) is 5.92. The molecule has 0 bridgehead atoms. The van der Waals surface area contributed by atoms with Crippen LogP contribution in [0.3, 0.4) is 0 Å². The molecule has 0 fully saturated rings. The van der Waals surface area contributed by atoms with E-state index in [4.69, 9.17) is 10.5 Å². The Kier molecular flexibility index (Phi) is 3.80. The lowest BCUT2D eigenvalue weighted by Gasteiger charge is -2.11. The molecule has 0 unspecified atom stereocenters. The van der Waals surface area contributed by atoms with Crippen molar-refractivity contribution in [2.75, 3.05) is 5.73 Å². The molecule has 0 aliphatic rings. The first-order valence-electron chi connectivity index (χ1n) is 6.92. The van der Waals surface area contributed by atoms with Crippen molar-refractivity contribution in [1.82, 2.24) is 9.78 Å². The van der Waals surface area contributed by atoms with E-state index in [2.05, 4.69) is 5.10 Å². The molecule has 0 saturated heterocycles. The molecule has 3 rings (SSSR count). The molecule has 0 saturated carbocycles. The minimum absolute atomic E-state index is 0.154. The Morgan fingerprint density at radius 3 is 2.70 bits per heavy atom. The summed E-state index contributed by atoms with van der Waals surface area (Å²) in [6.45, 7) is 1.85. The highest BCUT2D eigenvalue weighted by atomic mass is 19.1. The number of hydrogen-bond acceptors (Lipinski definition) is 4. The molecule has 2 aromatic carbocycles. The minimum atomic E-state index is -0.429. The van der Waals surface area contributed by atoms with E-state index >= 15 is 0 Å². The topological polar surface area (TPSA) is 70.1 Å². The lowest BCUT2D eigenvalue weighted by molar-refractivity contribution is 0.112. The fraction of sp³-hybridized carbons (Fsp3) is 0.0588. The average Bonchev–Trinajstić information content (AvgIpc) is 2.90. The zero-order chi connectivity index (χ0) is 16.4. The molecule has 23 heavy (non-hydrogen) atoms. The highest BCUT2D eigenvalue weighted by Crippen LogP contribution is 2.28. The molecule has 0 radical (unpaired) electrons. The van der Waals surface area contributed by atoms with Crippen molar-refractivity contribution in [2.45, 2.75) is 6.92 Å². The number of nitrogens with zero attached hydrogens (tertiary/aromatic N) is 2. The summed E-state index contributed by atoms with van der Waals surface area (Å²) in [5.41, 5.74) is 7.76. The maximum atomic E-state index is 13.6. The summed E-state index contributed by atoms with van der Waals surface area (Å²) in [6.07, 6.45) is 2.06. The molecule has 0 atom stereocenters. The Balaban J connectivity index is 1.93. The minimum Gasteiger partial charge on any atom is -0.454 e. The van der Waals surface area contributed by atoms with Crippen LogP contribution in [0.4, 0.5) is 10.2 Å². The van der Waals surface area contributed by atoms with Crippen LogP contribution in [0.2, 0.25) is 0 Å². The molecular formula is C17H14FN3O2. The number of carbonyl (C=O) groups excluding carboxylic acids is 1. The second-order valence-electron chi connectivity index (χ2n) is 5.00. The van der Waals surface area contributed by atoms with E-state index in [0.717, 1.165) is 11.3 Å². The zero-order valence-corrected chi connectivity index (χ0v) is 12.4. The third-order valence-corrected chi connectivity index (χ3v) is 3.42. The van der Waals surface area contributed by atoms with Crippen LogP contribution in [0.1, 0.15) is 15.9 Å². The van der Waals surface area contributed by atoms with Crippen molar-refractivity contribution >= 4 is 12.1 Å². The van der Waals surface area contributed by atoms with Gasteiger partial charge in [0, 0.05) is 0 Å². The van der Waals surface area contributed by atoms with E-state index in [-0.39, 0.29) is 11.6 Å². The van der Waals surface area contributed by atoms with Gasteiger partial charge in [0.1, 0.15) is 11.6 Å². The second-order valence-corrected chi connectivity index (χ2v) is 5.00. The van der Waals surface area contributed by atoms with Crippen LogP contribution < -0.4 is 10.5 Å². The SMILES string of the molecule is Cc1cc(Oc2ccccc2F)ccc1-n1ncc(C=O)c1N. The molecular weight excluding hydrogens is 297 g/mol. The number of rotatable bonds is 4. The number of carbonyl (C=O) groups is 1. The van der Waals surface area contributed by atoms with Crippen molar-refractivity contribution < 1.29 is 13.9 Å². The largest absolute Gasteiger partial charge is 0.454 e. The Labute approximate surface area is 132 Å². The summed E-state index contributed by atoms with van der Waals surface area (Å²) in [5, 5.41) is 4.11. The van der Waals surface area contributed by atoms with Gasteiger partial charge < -0.3 is 10.5 Å². The molecule has 116 valence electrons. The first-order chi connectivity index (χ1) is 11.1. The first-order valence-corrected chi connectivity index (χ1v) is 6.92. The fourth-order valence-corrected chi connectivity index (χ4v) is 2.24. The van der Waals surface area contributed by atoms with Crippen molar-refractivity contribution in [2.24, 2.45) is 0 Å². The van der Waals surface area contributed by atoms with Gasteiger partial charge in [-0.15, -0.1) is 0 Å². The standard InChI is InChI=1S/C17H14FN3O2/c1-11-8-13(23-16-5-3-2-4-14(16)18)6-7-15(11)21-17(19)12(10-22)9-20-21/h2-10H,19H2,1H3. The monoisotopic (exact) mass is 311 g/mol. The number of aldehydes is 1. The van der Waals surface area contributed by atoms with Crippen LogP contribution in [-0.4, -0.2) is 16.1 Å². The van der Waals surface area contributed by atoms with E-state index in [0.29, 0.717) is 17.6 Å². The van der Waals surface area contributed by atoms with Gasteiger partial charge in [-0.2, -0.15) is 5.10 Å². The number of nitrogens with two attached hydrogens (primary N) is 1. The maximum absolute atomic E-state index is 13.6. The Hall–Kier alpha value is -3.15. The third-order valence-electron chi connectivity index (χ3n) is 3.42. The molecule has 1 aromatic heterocycles. The van der Waals surface area contributed by atoms with Crippen LogP contribution in [0, 0.1) is 12.7 Å². The average molecular weight is 311 g/mol. The molecule has 5 nitrogen and oxygen atoms in total. The molecule has 0 amide bonds. The number of halogens is 1. The van der Waals surface area contributed by atoms with Crippen molar-refractivity contribution in [3.63, 3.8) is 0 Å². The number of aryl methyl sites for hydroxylation is 1. The fourth-order valence-electron chi connectivity index (χ4n) is 2.24. The Morgan fingerprint density at radius 1 is 1.26 bits per heavy atom. The van der Waals surface area contributed by atoms with E-state index < -0.39 is 5.82 Å². The Morgan fingerprint density at radius 2 is 2.04 bits per heavy atom. The van der Waals surface area contributed by atoms with Crippen molar-refractivity contribution in [1.29, 1.82) is 0 Å². The summed E-state index contributed by atoms with van der Waals surface area (Å²) in [4.78, 5) is 10.9. The normalized spacial score (nSPS) is 10.5. The highest BCUT2D eigenvalue weighted by molar-refractivity contribution is 5.82. The van der Waals surface area contributed by atoms with Gasteiger partial charge in [0.15, 0.2) is 17.9 Å². The molecule has 0 spiro atoms. The molecule has 3 aromatic rings. The third kappa shape index (κ3) is 2.78. The molecule has 2 N–H and O–H groups in total. The first kappa shape index (κ1) is 14.8. The number of anilines is 1. The van der Waals surface area contributed by atoms with E-state index in [1.54, 1.807) is 36.4 Å². The number of aromatic nitrogens is 2.